The third kappa shape index (κ3) is 2.41. The summed E-state index contributed by atoms with van der Waals surface area (Å²) in [6.07, 6.45) is 0. The van der Waals surface area contributed by atoms with Crippen molar-refractivity contribution in [2.24, 2.45) is 0 Å². The number of hydrogen-bond acceptors (Lipinski definition) is 2. The highest BCUT2D eigenvalue weighted by Gasteiger charge is 2.09. The van der Waals surface area contributed by atoms with Crippen LogP contribution >= 0.6 is 27.3 Å². The standard InChI is InChI=1S/C11H7BrF2OS/c12-7-4-5-16-10(7)6-15-9-3-1-2-8(13)11(9)14/h1-5H,6H2. The van der Waals surface area contributed by atoms with E-state index in [1.54, 1.807) is 0 Å². The number of thiophene rings is 1. The largest absolute Gasteiger partial charge is 0.485 e. The molecular formula is C11H7BrF2OS. The first-order valence-corrected chi connectivity index (χ1v) is 6.14. The van der Waals surface area contributed by atoms with Crippen LogP contribution in [-0.4, -0.2) is 0 Å². The lowest BCUT2D eigenvalue weighted by Gasteiger charge is -2.06. The van der Waals surface area contributed by atoms with Gasteiger partial charge in [-0.25, -0.2) is 4.39 Å². The number of halogens is 3. The van der Waals surface area contributed by atoms with E-state index in [-0.39, 0.29) is 12.4 Å². The van der Waals surface area contributed by atoms with Gasteiger partial charge in [0.15, 0.2) is 11.6 Å². The summed E-state index contributed by atoms with van der Waals surface area (Å²) in [6, 6.07) is 5.76. The van der Waals surface area contributed by atoms with Crippen LogP contribution in [0.2, 0.25) is 0 Å². The molecule has 1 nitrogen and oxygen atoms in total. The number of benzene rings is 1. The molecular weight excluding hydrogens is 298 g/mol. The van der Waals surface area contributed by atoms with Crippen molar-refractivity contribution in [3.05, 3.63) is 50.6 Å². The molecule has 1 aromatic heterocycles. The molecule has 0 fully saturated rings. The molecule has 0 radical (unpaired) electrons. The topological polar surface area (TPSA) is 9.23 Å². The molecule has 0 aliphatic carbocycles. The van der Waals surface area contributed by atoms with Gasteiger partial charge in [-0.2, -0.15) is 4.39 Å². The average Bonchev–Trinajstić information content (AvgIpc) is 2.67. The zero-order chi connectivity index (χ0) is 11.5. The molecule has 0 amide bonds. The Labute approximate surface area is 104 Å². The lowest BCUT2D eigenvalue weighted by Crippen LogP contribution is -1.97. The first-order chi connectivity index (χ1) is 7.68. The van der Waals surface area contributed by atoms with Crippen molar-refractivity contribution in [3.8, 4) is 5.75 Å². The lowest BCUT2D eigenvalue weighted by atomic mass is 10.3. The van der Waals surface area contributed by atoms with E-state index in [1.165, 1.54) is 23.5 Å². The summed E-state index contributed by atoms with van der Waals surface area (Å²) >= 11 is 4.83. The van der Waals surface area contributed by atoms with Crippen molar-refractivity contribution in [2.75, 3.05) is 0 Å². The zero-order valence-electron chi connectivity index (χ0n) is 8.04. The molecule has 0 saturated heterocycles. The van der Waals surface area contributed by atoms with Crippen LogP contribution in [0, 0.1) is 11.6 Å². The SMILES string of the molecule is Fc1cccc(OCc2sccc2Br)c1F. The highest BCUT2D eigenvalue weighted by atomic mass is 79.9. The summed E-state index contributed by atoms with van der Waals surface area (Å²) in [4.78, 5) is 0.934. The summed E-state index contributed by atoms with van der Waals surface area (Å²) in [5.74, 6) is -1.92. The molecule has 0 atom stereocenters. The van der Waals surface area contributed by atoms with E-state index in [0.29, 0.717) is 0 Å². The second-order valence-electron chi connectivity index (χ2n) is 3.03. The minimum Gasteiger partial charge on any atom is -0.485 e. The van der Waals surface area contributed by atoms with Crippen LogP contribution in [0.4, 0.5) is 8.78 Å². The van der Waals surface area contributed by atoms with E-state index in [0.717, 1.165) is 15.4 Å². The van der Waals surface area contributed by atoms with Crippen molar-refractivity contribution in [2.45, 2.75) is 6.61 Å². The molecule has 0 aliphatic rings. The van der Waals surface area contributed by atoms with Crippen LogP contribution < -0.4 is 4.74 Å². The molecule has 2 rings (SSSR count). The Kier molecular flexibility index (Phi) is 3.56. The molecule has 2 aromatic rings. The van der Waals surface area contributed by atoms with Crippen LogP contribution in [0.5, 0.6) is 5.75 Å². The molecule has 0 saturated carbocycles. The van der Waals surface area contributed by atoms with Gasteiger partial charge < -0.3 is 4.74 Å². The average molecular weight is 305 g/mol. The van der Waals surface area contributed by atoms with Crippen LogP contribution in [-0.2, 0) is 6.61 Å². The van der Waals surface area contributed by atoms with Gasteiger partial charge in [-0.05, 0) is 39.5 Å². The van der Waals surface area contributed by atoms with Gasteiger partial charge in [-0.3, -0.25) is 0 Å². The molecule has 1 heterocycles. The number of ether oxygens (including phenoxy) is 1. The van der Waals surface area contributed by atoms with Gasteiger partial charge in [0.1, 0.15) is 6.61 Å². The highest BCUT2D eigenvalue weighted by molar-refractivity contribution is 9.10. The Morgan fingerprint density at radius 2 is 2.06 bits per heavy atom. The molecule has 1 aromatic carbocycles. The maximum absolute atomic E-state index is 13.2. The van der Waals surface area contributed by atoms with E-state index in [9.17, 15) is 8.78 Å². The van der Waals surface area contributed by atoms with Gasteiger partial charge in [0.05, 0.1) is 4.88 Å². The van der Waals surface area contributed by atoms with E-state index in [4.69, 9.17) is 4.74 Å². The Morgan fingerprint density at radius 1 is 1.25 bits per heavy atom. The Morgan fingerprint density at radius 3 is 2.75 bits per heavy atom. The minimum atomic E-state index is -0.949. The predicted octanol–water partition coefficient (Wildman–Crippen LogP) is 4.37. The lowest BCUT2D eigenvalue weighted by molar-refractivity contribution is 0.287. The molecule has 84 valence electrons. The molecule has 16 heavy (non-hydrogen) atoms. The summed E-state index contributed by atoms with van der Waals surface area (Å²) in [5.41, 5.74) is 0. The maximum atomic E-state index is 13.2. The quantitative estimate of drug-likeness (QED) is 0.818. The van der Waals surface area contributed by atoms with Gasteiger partial charge >= 0.3 is 0 Å². The zero-order valence-corrected chi connectivity index (χ0v) is 10.4. The second-order valence-corrected chi connectivity index (χ2v) is 4.89. The maximum Gasteiger partial charge on any atom is 0.200 e. The van der Waals surface area contributed by atoms with Crippen molar-refractivity contribution in [3.63, 3.8) is 0 Å². The Bertz CT molecular complexity index is 498. The van der Waals surface area contributed by atoms with E-state index >= 15 is 0 Å². The fourth-order valence-corrected chi connectivity index (χ4v) is 2.54. The smallest absolute Gasteiger partial charge is 0.200 e. The van der Waals surface area contributed by atoms with Gasteiger partial charge in [0.25, 0.3) is 0 Å². The molecule has 0 unspecified atom stereocenters. The highest BCUT2D eigenvalue weighted by Crippen LogP contribution is 2.26. The molecule has 5 heteroatoms. The van der Waals surface area contributed by atoms with Crippen molar-refractivity contribution in [1.29, 1.82) is 0 Å². The second kappa shape index (κ2) is 4.93. The summed E-state index contributed by atoms with van der Waals surface area (Å²) in [7, 11) is 0. The van der Waals surface area contributed by atoms with Crippen LogP contribution in [0.15, 0.2) is 34.1 Å². The van der Waals surface area contributed by atoms with Gasteiger partial charge in [0.2, 0.25) is 5.82 Å². The molecule has 0 spiro atoms. The summed E-state index contributed by atoms with van der Waals surface area (Å²) in [5, 5.41) is 1.89. The number of hydrogen-bond donors (Lipinski definition) is 0. The molecule has 0 bridgehead atoms. The van der Waals surface area contributed by atoms with E-state index < -0.39 is 11.6 Å². The Balaban J connectivity index is 2.11. The van der Waals surface area contributed by atoms with Gasteiger partial charge in [-0.1, -0.05) is 6.07 Å². The van der Waals surface area contributed by atoms with Crippen LogP contribution in [0.1, 0.15) is 4.88 Å². The third-order valence-corrected chi connectivity index (χ3v) is 3.87. The normalized spacial score (nSPS) is 10.4. The van der Waals surface area contributed by atoms with Crippen molar-refractivity contribution >= 4 is 27.3 Å². The van der Waals surface area contributed by atoms with Crippen LogP contribution in [0.25, 0.3) is 0 Å². The first kappa shape index (κ1) is 11.5. The Hall–Kier alpha value is -0.940. The fraction of sp³-hybridized carbons (Fsp3) is 0.0909. The van der Waals surface area contributed by atoms with E-state index in [2.05, 4.69) is 15.9 Å². The monoisotopic (exact) mass is 304 g/mol. The van der Waals surface area contributed by atoms with E-state index in [1.807, 2.05) is 11.4 Å². The van der Waals surface area contributed by atoms with Crippen LogP contribution in [0.3, 0.4) is 0 Å². The summed E-state index contributed by atoms with van der Waals surface area (Å²) < 4.78 is 32.2. The van der Waals surface area contributed by atoms with Gasteiger partial charge in [-0.15, -0.1) is 11.3 Å². The molecule has 0 aliphatic heterocycles. The third-order valence-electron chi connectivity index (χ3n) is 1.97. The number of rotatable bonds is 3. The summed E-state index contributed by atoms with van der Waals surface area (Å²) in [6.45, 7) is 0.221. The molecule has 0 N–H and O–H groups in total. The first-order valence-electron chi connectivity index (χ1n) is 4.47. The fourth-order valence-electron chi connectivity index (χ4n) is 1.17. The van der Waals surface area contributed by atoms with Crippen molar-refractivity contribution < 1.29 is 13.5 Å². The van der Waals surface area contributed by atoms with Crippen molar-refractivity contribution in [1.82, 2.24) is 0 Å². The predicted molar refractivity (Wildman–Crippen MR) is 62.7 cm³/mol. The minimum absolute atomic E-state index is 0.0692. The van der Waals surface area contributed by atoms with Gasteiger partial charge in [0, 0.05) is 4.47 Å².